The highest BCUT2D eigenvalue weighted by Gasteiger charge is 2.18. The van der Waals surface area contributed by atoms with E-state index in [0.29, 0.717) is 23.1 Å². The number of benzene rings is 3. The fraction of sp³-hybridized carbons (Fsp3) is 0.125. The third kappa shape index (κ3) is 5.38. The lowest BCUT2D eigenvalue weighted by atomic mass is 10.2. The van der Waals surface area contributed by atoms with Crippen molar-refractivity contribution in [3.8, 4) is 11.4 Å². The Kier molecular flexibility index (Phi) is 7.24. The number of carbonyl (C=O) groups is 1. The van der Waals surface area contributed by atoms with E-state index < -0.39 is 0 Å². The molecule has 1 N–H and O–H groups in total. The molecule has 0 saturated heterocycles. The molecule has 0 aliphatic carbocycles. The topological polar surface area (TPSA) is 59.8 Å². The van der Waals surface area contributed by atoms with Crippen LogP contribution in [0.1, 0.15) is 5.56 Å². The summed E-state index contributed by atoms with van der Waals surface area (Å²) >= 11 is 2.89. The molecule has 0 fully saturated rings. The van der Waals surface area contributed by atoms with E-state index in [9.17, 15) is 9.18 Å². The minimum Gasteiger partial charge on any atom is -0.325 e. The Hall–Kier alpha value is -3.10. The normalized spacial score (nSPS) is 10.8. The lowest BCUT2D eigenvalue weighted by molar-refractivity contribution is -0.113. The van der Waals surface area contributed by atoms with Gasteiger partial charge < -0.3 is 5.32 Å². The maximum atomic E-state index is 14.5. The number of nitrogens with one attached hydrogen (secondary N) is 1. The number of thioether (sulfide) groups is 2. The first kappa shape index (κ1) is 22.1. The Bertz CT molecular complexity index is 1210. The van der Waals surface area contributed by atoms with Gasteiger partial charge in [-0.1, -0.05) is 60.3 Å². The first-order valence-electron chi connectivity index (χ1n) is 9.93. The second-order valence-corrected chi connectivity index (χ2v) is 8.75. The first-order valence-corrected chi connectivity index (χ1v) is 12.1. The summed E-state index contributed by atoms with van der Waals surface area (Å²) in [4.78, 5) is 13.6. The van der Waals surface area contributed by atoms with E-state index in [4.69, 9.17) is 0 Å². The molecule has 1 amide bonds. The summed E-state index contributed by atoms with van der Waals surface area (Å²) in [7, 11) is 0. The Morgan fingerprint density at radius 1 is 1.00 bits per heavy atom. The van der Waals surface area contributed by atoms with Crippen LogP contribution in [0.25, 0.3) is 11.4 Å². The second-order valence-electron chi connectivity index (χ2n) is 6.93. The van der Waals surface area contributed by atoms with Crippen LogP contribution in [-0.2, 0) is 11.3 Å². The third-order valence-corrected chi connectivity index (χ3v) is 6.39. The van der Waals surface area contributed by atoms with Crippen LogP contribution in [0.3, 0.4) is 0 Å². The molecule has 0 atom stereocenters. The molecule has 0 saturated carbocycles. The van der Waals surface area contributed by atoms with Gasteiger partial charge in [-0.05, 0) is 42.2 Å². The molecule has 0 aliphatic heterocycles. The van der Waals surface area contributed by atoms with Gasteiger partial charge in [-0.2, -0.15) is 0 Å². The molecule has 0 spiro atoms. The average molecular weight is 465 g/mol. The van der Waals surface area contributed by atoms with Gasteiger partial charge in [0, 0.05) is 10.6 Å². The zero-order chi connectivity index (χ0) is 22.3. The van der Waals surface area contributed by atoms with Gasteiger partial charge >= 0.3 is 0 Å². The predicted molar refractivity (Wildman–Crippen MR) is 129 cm³/mol. The Morgan fingerprint density at radius 3 is 2.56 bits per heavy atom. The molecule has 1 heterocycles. The molecule has 5 nitrogen and oxygen atoms in total. The standard InChI is InChI=1S/C24H21FN4OS2/c1-31-19-11-7-10-18(14-19)26-22(30)16-32-24-28-27-23(20-12-5-6-13-21(20)25)29(24)15-17-8-3-2-4-9-17/h2-14H,15-16H2,1H3,(H,26,30). The number of hydrogen-bond acceptors (Lipinski definition) is 5. The summed E-state index contributed by atoms with van der Waals surface area (Å²) in [6.07, 6.45) is 1.99. The zero-order valence-corrected chi connectivity index (χ0v) is 19.0. The van der Waals surface area contributed by atoms with Gasteiger partial charge in [-0.15, -0.1) is 22.0 Å². The van der Waals surface area contributed by atoms with Gasteiger partial charge in [-0.25, -0.2) is 4.39 Å². The van der Waals surface area contributed by atoms with Crippen molar-refractivity contribution < 1.29 is 9.18 Å². The summed E-state index contributed by atoms with van der Waals surface area (Å²) in [5, 5.41) is 12.0. The molecule has 0 bridgehead atoms. The van der Waals surface area contributed by atoms with E-state index in [1.807, 2.05) is 65.4 Å². The predicted octanol–water partition coefficient (Wildman–Crippen LogP) is 5.59. The fourth-order valence-corrected chi connectivity index (χ4v) is 4.37. The van der Waals surface area contributed by atoms with Crippen LogP contribution < -0.4 is 5.32 Å². The van der Waals surface area contributed by atoms with Gasteiger partial charge in [0.1, 0.15) is 5.82 Å². The van der Waals surface area contributed by atoms with Gasteiger partial charge in [0.05, 0.1) is 17.9 Å². The largest absolute Gasteiger partial charge is 0.325 e. The monoisotopic (exact) mass is 464 g/mol. The average Bonchev–Trinajstić information content (AvgIpc) is 3.21. The summed E-state index contributed by atoms with van der Waals surface area (Å²) in [6, 6.07) is 24.0. The molecule has 0 unspecified atom stereocenters. The molecule has 1 aromatic heterocycles. The molecule has 32 heavy (non-hydrogen) atoms. The number of nitrogens with zero attached hydrogens (tertiary/aromatic N) is 3. The molecule has 3 aromatic carbocycles. The lowest BCUT2D eigenvalue weighted by Crippen LogP contribution is -2.15. The van der Waals surface area contributed by atoms with Crippen molar-refractivity contribution in [1.82, 2.24) is 14.8 Å². The van der Waals surface area contributed by atoms with Gasteiger partial charge in [0.25, 0.3) is 0 Å². The minimum atomic E-state index is -0.364. The van der Waals surface area contributed by atoms with Gasteiger partial charge in [0.2, 0.25) is 5.91 Å². The highest BCUT2D eigenvalue weighted by molar-refractivity contribution is 7.99. The van der Waals surface area contributed by atoms with Crippen LogP contribution in [0.5, 0.6) is 0 Å². The summed E-state index contributed by atoms with van der Waals surface area (Å²) in [5.41, 5.74) is 2.16. The Balaban J connectivity index is 1.55. The van der Waals surface area contributed by atoms with Crippen molar-refractivity contribution in [3.05, 3.63) is 90.2 Å². The Morgan fingerprint density at radius 2 is 1.78 bits per heavy atom. The van der Waals surface area contributed by atoms with Crippen LogP contribution in [0.15, 0.2) is 88.9 Å². The quantitative estimate of drug-likeness (QED) is 0.345. The van der Waals surface area contributed by atoms with E-state index in [0.717, 1.165) is 16.1 Å². The van der Waals surface area contributed by atoms with Crippen molar-refractivity contribution in [2.75, 3.05) is 17.3 Å². The summed E-state index contributed by atoms with van der Waals surface area (Å²) in [6.45, 7) is 0.469. The number of halogens is 1. The highest BCUT2D eigenvalue weighted by atomic mass is 32.2. The van der Waals surface area contributed by atoms with E-state index in [-0.39, 0.29) is 17.5 Å². The maximum Gasteiger partial charge on any atom is 0.234 e. The van der Waals surface area contributed by atoms with E-state index in [1.54, 1.807) is 30.0 Å². The SMILES string of the molecule is CSc1cccc(NC(=O)CSc2nnc(-c3ccccc3F)n2Cc2ccccc2)c1. The first-order chi connectivity index (χ1) is 15.6. The lowest BCUT2D eigenvalue weighted by Gasteiger charge is -2.11. The summed E-state index contributed by atoms with van der Waals surface area (Å²) in [5.74, 6) is 0.0860. The van der Waals surface area contributed by atoms with Gasteiger partial charge in [0.15, 0.2) is 11.0 Å². The number of hydrogen-bond donors (Lipinski definition) is 1. The number of anilines is 1. The van der Waals surface area contributed by atoms with Crippen LogP contribution in [-0.4, -0.2) is 32.7 Å². The second kappa shape index (κ2) is 10.5. The van der Waals surface area contributed by atoms with Crippen LogP contribution in [0.4, 0.5) is 10.1 Å². The third-order valence-electron chi connectivity index (χ3n) is 4.70. The smallest absolute Gasteiger partial charge is 0.234 e. The van der Waals surface area contributed by atoms with E-state index in [2.05, 4.69) is 15.5 Å². The molecule has 4 aromatic rings. The fourth-order valence-electron chi connectivity index (χ4n) is 3.17. The molecule has 8 heteroatoms. The summed E-state index contributed by atoms with van der Waals surface area (Å²) < 4.78 is 16.3. The van der Waals surface area contributed by atoms with Crippen LogP contribution >= 0.6 is 23.5 Å². The Labute approximate surface area is 194 Å². The van der Waals surface area contributed by atoms with Crippen molar-refractivity contribution >= 4 is 35.1 Å². The van der Waals surface area contributed by atoms with Crippen molar-refractivity contribution in [3.63, 3.8) is 0 Å². The molecule has 162 valence electrons. The number of aromatic nitrogens is 3. The molecular formula is C24H21FN4OS2. The van der Waals surface area contributed by atoms with Gasteiger partial charge in [-0.3, -0.25) is 9.36 Å². The number of carbonyl (C=O) groups excluding carboxylic acids is 1. The minimum absolute atomic E-state index is 0.144. The number of rotatable bonds is 8. The van der Waals surface area contributed by atoms with Crippen molar-refractivity contribution in [2.45, 2.75) is 16.6 Å². The molecule has 0 aliphatic rings. The van der Waals surface area contributed by atoms with E-state index in [1.165, 1.54) is 17.8 Å². The van der Waals surface area contributed by atoms with E-state index >= 15 is 0 Å². The zero-order valence-electron chi connectivity index (χ0n) is 17.4. The molecular weight excluding hydrogens is 443 g/mol. The van der Waals surface area contributed by atoms with Crippen LogP contribution in [0, 0.1) is 5.82 Å². The molecule has 4 rings (SSSR count). The maximum absolute atomic E-state index is 14.5. The molecule has 0 radical (unpaired) electrons. The number of amides is 1. The highest BCUT2D eigenvalue weighted by Crippen LogP contribution is 2.27. The van der Waals surface area contributed by atoms with Crippen LogP contribution in [0.2, 0.25) is 0 Å². The van der Waals surface area contributed by atoms with Crippen molar-refractivity contribution in [1.29, 1.82) is 0 Å². The van der Waals surface area contributed by atoms with Crippen molar-refractivity contribution in [2.24, 2.45) is 0 Å².